The van der Waals surface area contributed by atoms with Crippen molar-refractivity contribution in [3.63, 3.8) is 0 Å². The predicted octanol–water partition coefficient (Wildman–Crippen LogP) is 4.87. The van der Waals surface area contributed by atoms with E-state index in [0.29, 0.717) is 24.5 Å². The molecule has 1 saturated heterocycles. The highest BCUT2D eigenvalue weighted by atomic mass is 35.5. The van der Waals surface area contributed by atoms with Crippen molar-refractivity contribution in [3.05, 3.63) is 34.9 Å². The molecule has 1 aromatic rings. The maximum Gasteiger partial charge on any atom is 0.408 e. The lowest BCUT2D eigenvalue weighted by Gasteiger charge is -2.51. The number of nitrogens with zero attached hydrogens (tertiary/aromatic N) is 1. The summed E-state index contributed by atoms with van der Waals surface area (Å²) in [7, 11) is 0. The molecule has 0 bridgehead atoms. The summed E-state index contributed by atoms with van der Waals surface area (Å²) >= 11 is 6.03. The number of carbonyl (C=O) groups excluding carboxylic acids is 2. The Hall–Kier alpha value is -1.79. The average molecular weight is 465 g/mol. The van der Waals surface area contributed by atoms with Crippen molar-refractivity contribution in [2.75, 3.05) is 13.1 Å². The van der Waals surface area contributed by atoms with Crippen molar-refractivity contribution in [2.45, 2.75) is 84.0 Å². The summed E-state index contributed by atoms with van der Waals surface area (Å²) in [5.74, 6) is -0.278. The van der Waals surface area contributed by atoms with Gasteiger partial charge in [-0.05, 0) is 64.7 Å². The number of hydrogen-bond donors (Lipinski definition) is 2. The van der Waals surface area contributed by atoms with E-state index in [1.807, 2.05) is 58.6 Å². The Kier molecular flexibility index (Phi) is 6.62. The Labute approximate surface area is 196 Å². The minimum absolute atomic E-state index is 0.0345. The summed E-state index contributed by atoms with van der Waals surface area (Å²) in [5, 5.41) is 15.2. The first kappa shape index (κ1) is 24.8. The monoisotopic (exact) mass is 464 g/mol. The van der Waals surface area contributed by atoms with Crippen LogP contribution >= 0.6 is 11.6 Å². The van der Waals surface area contributed by atoms with Crippen LogP contribution in [0.1, 0.15) is 72.8 Å². The third-order valence-corrected chi connectivity index (χ3v) is 7.38. The lowest BCUT2D eigenvalue weighted by molar-refractivity contribution is -0.158. The van der Waals surface area contributed by atoms with E-state index in [9.17, 15) is 14.7 Å². The van der Waals surface area contributed by atoms with Gasteiger partial charge in [-0.25, -0.2) is 4.79 Å². The number of alkyl carbamates (subject to hydrolysis) is 1. The van der Waals surface area contributed by atoms with Gasteiger partial charge < -0.3 is 20.1 Å². The van der Waals surface area contributed by atoms with E-state index in [-0.39, 0.29) is 11.8 Å². The van der Waals surface area contributed by atoms with E-state index in [0.717, 1.165) is 24.8 Å². The minimum Gasteiger partial charge on any atom is -0.444 e. The molecule has 0 spiro atoms. The molecular weight excluding hydrogens is 428 g/mol. The van der Waals surface area contributed by atoms with Crippen LogP contribution in [0.3, 0.4) is 0 Å². The molecule has 0 radical (unpaired) electrons. The van der Waals surface area contributed by atoms with Gasteiger partial charge in [0, 0.05) is 23.5 Å². The summed E-state index contributed by atoms with van der Waals surface area (Å²) in [5.41, 5.74) is -2.03. The van der Waals surface area contributed by atoms with Crippen LogP contribution in [0.2, 0.25) is 5.02 Å². The zero-order chi connectivity index (χ0) is 23.9. The second-order valence-electron chi connectivity index (χ2n) is 11.3. The van der Waals surface area contributed by atoms with E-state index < -0.39 is 28.2 Å². The first-order valence-corrected chi connectivity index (χ1v) is 11.8. The van der Waals surface area contributed by atoms with Gasteiger partial charge in [-0.2, -0.15) is 0 Å². The zero-order valence-electron chi connectivity index (χ0n) is 20.1. The van der Waals surface area contributed by atoms with Crippen molar-refractivity contribution in [1.82, 2.24) is 10.2 Å². The Morgan fingerprint density at radius 3 is 2.34 bits per heavy atom. The molecule has 0 aromatic heterocycles. The average Bonchev–Trinajstić information content (AvgIpc) is 3.03. The third-order valence-electron chi connectivity index (χ3n) is 7.13. The fourth-order valence-electron chi connectivity index (χ4n) is 5.24. The number of aliphatic hydroxyl groups is 1. The van der Waals surface area contributed by atoms with Gasteiger partial charge in [0.05, 0.1) is 17.1 Å². The van der Waals surface area contributed by atoms with Crippen LogP contribution in [0.4, 0.5) is 4.79 Å². The largest absolute Gasteiger partial charge is 0.444 e. The number of halogens is 1. The number of carbonyl (C=O) groups is 2. The van der Waals surface area contributed by atoms with Crippen LogP contribution in [0.5, 0.6) is 0 Å². The van der Waals surface area contributed by atoms with Crippen molar-refractivity contribution in [2.24, 2.45) is 11.3 Å². The fraction of sp³-hybridized carbons (Fsp3) is 0.680. The molecule has 32 heavy (non-hydrogen) atoms. The summed E-state index contributed by atoms with van der Waals surface area (Å²) in [6.45, 7) is 12.3. The molecule has 3 atom stereocenters. The summed E-state index contributed by atoms with van der Waals surface area (Å²) in [6.07, 6.45) is 2.28. The van der Waals surface area contributed by atoms with Crippen LogP contribution < -0.4 is 5.32 Å². The fourth-order valence-corrected chi connectivity index (χ4v) is 5.37. The smallest absolute Gasteiger partial charge is 0.408 e. The standard InChI is InChI=1S/C25H37ClN2O4/c1-22(2,3)32-21(30)27-24(6)13-7-8-19(24)20(29)28-15-14-25(31,23(4,5)16-28)17-9-11-18(26)12-10-17/h9-12,19,31H,7-8,13-16H2,1-6H3,(H,27,30)/t19-,24-,25+/m1/s1. The number of hydrogen-bond acceptors (Lipinski definition) is 4. The van der Waals surface area contributed by atoms with Gasteiger partial charge >= 0.3 is 6.09 Å². The van der Waals surface area contributed by atoms with E-state index in [1.165, 1.54) is 0 Å². The Bertz CT molecular complexity index is 864. The number of rotatable bonds is 3. The lowest BCUT2D eigenvalue weighted by Crippen LogP contribution is -2.60. The number of piperidine rings is 1. The van der Waals surface area contributed by atoms with Gasteiger partial charge in [0.15, 0.2) is 0 Å². The molecule has 2 amide bonds. The first-order chi connectivity index (χ1) is 14.7. The lowest BCUT2D eigenvalue weighted by atomic mass is 9.66. The predicted molar refractivity (Wildman–Crippen MR) is 125 cm³/mol. The maximum atomic E-state index is 13.6. The van der Waals surface area contributed by atoms with Crippen molar-refractivity contribution >= 4 is 23.6 Å². The molecule has 2 N–H and O–H groups in total. The van der Waals surface area contributed by atoms with Crippen LogP contribution in [-0.2, 0) is 15.1 Å². The van der Waals surface area contributed by atoms with E-state index in [2.05, 4.69) is 5.32 Å². The highest BCUT2D eigenvalue weighted by molar-refractivity contribution is 6.30. The Morgan fingerprint density at radius 2 is 1.78 bits per heavy atom. The summed E-state index contributed by atoms with van der Waals surface area (Å²) in [4.78, 5) is 27.9. The molecule has 1 aliphatic heterocycles. The molecule has 3 rings (SSSR count). The van der Waals surface area contributed by atoms with Gasteiger partial charge in [0.1, 0.15) is 5.60 Å². The van der Waals surface area contributed by atoms with Gasteiger partial charge in [0.2, 0.25) is 5.91 Å². The SMILES string of the molecule is CC(C)(C)OC(=O)N[C@]1(C)CCC[C@@H]1C(=O)N1CC[C@](O)(c2ccc(Cl)cc2)C(C)(C)C1. The van der Waals surface area contributed by atoms with Gasteiger partial charge in [-0.3, -0.25) is 4.79 Å². The zero-order valence-corrected chi connectivity index (χ0v) is 20.9. The molecule has 1 aliphatic carbocycles. The summed E-state index contributed by atoms with van der Waals surface area (Å²) < 4.78 is 5.44. The molecule has 2 fully saturated rings. The summed E-state index contributed by atoms with van der Waals surface area (Å²) in [6, 6.07) is 7.30. The molecule has 1 aromatic carbocycles. The number of benzene rings is 1. The van der Waals surface area contributed by atoms with Crippen molar-refractivity contribution in [3.8, 4) is 0 Å². The van der Waals surface area contributed by atoms with Crippen LogP contribution in [0.15, 0.2) is 24.3 Å². The molecule has 0 unspecified atom stereocenters. The molecule has 178 valence electrons. The minimum atomic E-state index is -1.05. The van der Waals surface area contributed by atoms with Crippen molar-refractivity contribution in [1.29, 1.82) is 0 Å². The Morgan fingerprint density at radius 1 is 1.16 bits per heavy atom. The van der Waals surface area contributed by atoms with Crippen LogP contribution in [-0.4, -0.2) is 46.2 Å². The van der Waals surface area contributed by atoms with Gasteiger partial charge in [0.25, 0.3) is 0 Å². The normalized spacial score (nSPS) is 30.1. The topological polar surface area (TPSA) is 78.9 Å². The van der Waals surface area contributed by atoms with Crippen LogP contribution in [0.25, 0.3) is 0 Å². The maximum absolute atomic E-state index is 13.6. The van der Waals surface area contributed by atoms with Crippen LogP contribution in [0, 0.1) is 11.3 Å². The van der Waals surface area contributed by atoms with Gasteiger partial charge in [-0.15, -0.1) is 0 Å². The van der Waals surface area contributed by atoms with Crippen molar-refractivity contribution < 1.29 is 19.4 Å². The highest BCUT2D eigenvalue weighted by Gasteiger charge is 2.52. The molecule has 7 heteroatoms. The molecule has 1 heterocycles. The van der Waals surface area contributed by atoms with Gasteiger partial charge in [-0.1, -0.05) is 44.0 Å². The number of ether oxygens (including phenoxy) is 1. The number of likely N-dealkylation sites (tertiary alicyclic amines) is 1. The first-order valence-electron chi connectivity index (χ1n) is 11.5. The third kappa shape index (κ3) is 4.91. The molecular formula is C25H37ClN2O4. The second-order valence-corrected chi connectivity index (χ2v) is 11.7. The molecule has 6 nitrogen and oxygen atoms in total. The second kappa shape index (κ2) is 8.53. The van der Waals surface area contributed by atoms with E-state index in [4.69, 9.17) is 16.3 Å². The quantitative estimate of drug-likeness (QED) is 0.668. The molecule has 2 aliphatic rings. The highest BCUT2D eigenvalue weighted by Crippen LogP contribution is 2.47. The molecule has 1 saturated carbocycles. The number of amides is 2. The Balaban J connectivity index is 1.74. The number of nitrogens with one attached hydrogen (secondary N) is 1. The van der Waals surface area contributed by atoms with E-state index in [1.54, 1.807) is 12.1 Å². The van der Waals surface area contributed by atoms with E-state index >= 15 is 0 Å².